The van der Waals surface area contributed by atoms with Crippen LogP contribution in [0.1, 0.15) is 27.8 Å². The molecule has 5 N–H and O–H groups in total. The number of hydrogen-bond donors (Lipinski definition) is 5. The number of para-hydroxylation sites is 1. The van der Waals surface area contributed by atoms with E-state index in [-0.39, 0.29) is 23.4 Å². The molecule has 2 unspecified atom stereocenters. The Morgan fingerprint density at radius 1 is 1.14 bits per heavy atom. The molecular weight excluding hydrogens is 380 g/mol. The average Bonchev–Trinajstić information content (AvgIpc) is 3.46. The Bertz CT molecular complexity index is 973. The maximum atomic E-state index is 12.3. The fraction of sp³-hybridized carbons (Fsp3) is 0.167. The summed E-state index contributed by atoms with van der Waals surface area (Å²) in [6, 6.07) is 12.6. The third-order valence-corrected chi connectivity index (χ3v) is 5.32. The van der Waals surface area contributed by atoms with Crippen molar-refractivity contribution < 1.29 is 14.7 Å². The summed E-state index contributed by atoms with van der Waals surface area (Å²) in [5.74, 6) is -1.38. The Morgan fingerprint density at radius 2 is 1.96 bits per heavy atom. The van der Waals surface area contributed by atoms with Gasteiger partial charge in [-0.1, -0.05) is 24.3 Å². The number of nitrogens with one attached hydrogen (secondary N) is 4. The normalized spacial score (nSPS) is 18.7. The van der Waals surface area contributed by atoms with Crippen molar-refractivity contribution in [2.24, 2.45) is 0 Å². The molecule has 1 aromatic carbocycles. The molecule has 4 rings (SSSR count). The van der Waals surface area contributed by atoms with Gasteiger partial charge in [-0.05, 0) is 30.0 Å². The minimum atomic E-state index is -0.707. The lowest BCUT2D eigenvalue weighted by atomic mass is 10.1. The average molecular weight is 398 g/mol. The summed E-state index contributed by atoms with van der Waals surface area (Å²) in [5.41, 5.74) is 11.2. The molecule has 10 heteroatoms. The van der Waals surface area contributed by atoms with E-state index in [4.69, 9.17) is 0 Å². The van der Waals surface area contributed by atoms with Gasteiger partial charge in [-0.2, -0.15) is 5.10 Å². The van der Waals surface area contributed by atoms with Crippen molar-refractivity contribution in [3.8, 4) is 11.4 Å². The molecule has 1 aliphatic rings. The van der Waals surface area contributed by atoms with Gasteiger partial charge < -0.3 is 5.11 Å². The summed E-state index contributed by atoms with van der Waals surface area (Å²) in [6.07, 6.45) is 1.89. The third kappa shape index (κ3) is 3.74. The Morgan fingerprint density at radius 3 is 2.71 bits per heavy atom. The Hall–Kier alpha value is -3.21. The highest BCUT2D eigenvalue weighted by molar-refractivity contribution is 7.10. The van der Waals surface area contributed by atoms with Crippen molar-refractivity contribution in [2.45, 2.75) is 18.5 Å². The lowest BCUT2D eigenvalue weighted by Gasteiger charge is -2.10. The molecule has 28 heavy (non-hydrogen) atoms. The topological polar surface area (TPSA) is 120 Å². The molecular formula is C18H18N6O3S. The second-order valence-corrected chi connectivity index (χ2v) is 7.21. The van der Waals surface area contributed by atoms with E-state index in [0.717, 1.165) is 4.88 Å². The molecule has 0 bridgehead atoms. The maximum Gasteiger partial charge on any atom is 0.294 e. The number of rotatable bonds is 4. The van der Waals surface area contributed by atoms with Crippen molar-refractivity contribution in [1.82, 2.24) is 31.5 Å². The molecule has 3 heterocycles. The SMILES string of the molecule is O=C(NNC(=O)C1CC(c2cccs2)NN1)c1nn(-c2ccccc2)cc1O. The summed E-state index contributed by atoms with van der Waals surface area (Å²) in [5, 5.41) is 16.1. The van der Waals surface area contributed by atoms with Gasteiger partial charge in [0.1, 0.15) is 6.04 Å². The van der Waals surface area contributed by atoms with Gasteiger partial charge in [0, 0.05) is 4.88 Å². The number of aromatic hydroxyl groups is 1. The van der Waals surface area contributed by atoms with Gasteiger partial charge in [0.15, 0.2) is 11.4 Å². The van der Waals surface area contributed by atoms with Crippen molar-refractivity contribution in [2.75, 3.05) is 0 Å². The molecule has 2 aromatic heterocycles. The van der Waals surface area contributed by atoms with E-state index in [1.54, 1.807) is 23.5 Å². The monoisotopic (exact) mass is 398 g/mol. The molecule has 1 aliphatic heterocycles. The van der Waals surface area contributed by atoms with Crippen molar-refractivity contribution in [1.29, 1.82) is 0 Å². The van der Waals surface area contributed by atoms with Crippen LogP contribution in [0.3, 0.4) is 0 Å². The summed E-state index contributed by atoms with van der Waals surface area (Å²) < 4.78 is 1.39. The molecule has 2 amide bonds. The van der Waals surface area contributed by atoms with E-state index in [1.807, 2.05) is 35.7 Å². The van der Waals surface area contributed by atoms with Crippen LogP contribution in [0.15, 0.2) is 54.0 Å². The van der Waals surface area contributed by atoms with Crippen molar-refractivity contribution in [3.63, 3.8) is 0 Å². The van der Waals surface area contributed by atoms with E-state index in [2.05, 4.69) is 26.8 Å². The Labute approximate surface area is 164 Å². The van der Waals surface area contributed by atoms with Gasteiger partial charge >= 0.3 is 0 Å². The number of thiophene rings is 1. The maximum absolute atomic E-state index is 12.3. The number of carbonyl (C=O) groups is 2. The molecule has 9 nitrogen and oxygen atoms in total. The first-order valence-corrected chi connectivity index (χ1v) is 9.48. The standard InChI is InChI=1S/C18H18N6O3S/c25-14-10-24(11-5-2-1-3-6-11)23-16(14)18(27)22-21-17(26)13-9-12(19-20-13)15-7-4-8-28-15/h1-8,10,12-13,19-20,25H,9H2,(H,21,26)(H,22,27). The summed E-state index contributed by atoms with van der Waals surface area (Å²) in [6.45, 7) is 0. The quantitative estimate of drug-likeness (QED) is 0.419. The second kappa shape index (κ2) is 7.80. The molecule has 1 fully saturated rings. The predicted molar refractivity (Wildman–Crippen MR) is 103 cm³/mol. The number of hydrogen-bond acceptors (Lipinski definition) is 7. The summed E-state index contributed by atoms with van der Waals surface area (Å²) in [7, 11) is 0. The van der Waals surface area contributed by atoms with E-state index >= 15 is 0 Å². The first kappa shape index (κ1) is 18.2. The van der Waals surface area contributed by atoms with Gasteiger partial charge in [0.25, 0.3) is 11.8 Å². The minimum absolute atomic E-state index is 0.0390. The molecule has 2 atom stereocenters. The van der Waals surface area contributed by atoms with Crippen molar-refractivity contribution >= 4 is 23.2 Å². The van der Waals surface area contributed by atoms with Gasteiger partial charge in [0.2, 0.25) is 0 Å². The number of benzene rings is 1. The van der Waals surface area contributed by atoms with Crippen LogP contribution < -0.4 is 21.7 Å². The van der Waals surface area contributed by atoms with Crippen LogP contribution in [-0.4, -0.2) is 32.7 Å². The first-order chi connectivity index (χ1) is 13.6. The van der Waals surface area contributed by atoms with E-state index in [0.29, 0.717) is 12.1 Å². The van der Waals surface area contributed by atoms with E-state index in [9.17, 15) is 14.7 Å². The molecule has 1 saturated heterocycles. The first-order valence-electron chi connectivity index (χ1n) is 8.60. The highest BCUT2D eigenvalue weighted by Crippen LogP contribution is 2.25. The summed E-state index contributed by atoms with van der Waals surface area (Å²) in [4.78, 5) is 25.7. The van der Waals surface area contributed by atoms with Crippen LogP contribution in [0.5, 0.6) is 5.75 Å². The Balaban J connectivity index is 1.34. The molecule has 3 aromatic rings. The van der Waals surface area contributed by atoms with Gasteiger partial charge in [-0.25, -0.2) is 15.5 Å². The van der Waals surface area contributed by atoms with Gasteiger partial charge in [-0.15, -0.1) is 11.3 Å². The largest absolute Gasteiger partial charge is 0.504 e. The highest BCUT2D eigenvalue weighted by Gasteiger charge is 2.31. The minimum Gasteiger partial charge on any atom is -0.504 e. The lowest BCUT2D eigenvalue weighted by Crippen LogP contribution is -2.50. The van der Waals surface area contributed by atoms with Crippen LogP contribution >= 0.6 is 11.3 Å². The smallest absolute Gasteiger partial charge is 0.294 e. The van der Waals surface area contributed by atoms with E-state index < -0.39 is 11.9 Å². The number of nitrogens with zero attached hydrogens (tertiary/aromatic N) is 2. The molecule has 144 valence electrons. The fourth-order valence-corrected chi connectivity index (χ4v) is 3.70. The van der Waals surface area contributed by atoms with Gasteiger partial charge in [-0.3, -0.25) is 20.4 Å². The zero-order valence-electron chi connectivity index (χ0n) is 14.6. The zero-order valence-corrected chi connectivity index (χ0v) is 15.4. The third-order valence-electron chi connectivity index (χ3n) is 4.34. The number of carbonyl (C=O) groups excluding carboxylic acids is 2. The lowest BCUT2D eigenvalue weighted by molar-refractivity contribution is -0.123. The molecule has 0 saturated carbocycles. The van der Waals surface area contributed by atoms with Crippen molar-refractivity contribution in [3.05, 3.63) is 64.6 Å². The summed E-state index contributed by atoms with van der Waals surface area (Å²) >= 11 is 1.61. The van der Waals surface area contributed by atoms with Crippen LogP contribution in [-0.2, 0) is 4.79 Å². The number of hydrazine groups is 2. The predicted octanol–water partition coefficient (Wildman–Crippen LogP) is 1.01. The zero-order chi connectivity index (χ0) is 19.5. The van der Waals surface area contributed by atoms with Crippen LogP contribution in [0.2, 0.25) is 0 Å². The molecule has 0 aliphatic carbocycles. The number of aromatic nitrogens is 2. The number of amides is 2. The highest BCUT2D eigenvalue weighted by atomic mass is 32.1. The fourth-order valence-electron chi connectivity index (χ4n) is 2.91. The van der Waals surface area contributed by atoms with Crippen LogP contribution in [0.4, 0.5) is 0 Å². The molecule has 0 spiro atoms. The second-order valence-electron chi connectivity index (χ2n) is 6.23. The van der Waals surface area contributed by atoms with Crippen LogP contribution in [0.25, 0.3) is 5.69 Å². The Kier molecular flexibility index (Phi) is 5.06. The van der Waals surface area contributed by atoms with Crippen LogP contribution in [0, 0.1) is 0 Å². The molecule has 0 radical (unpaired) electrons. The van der Waals surface area contributed by atoms with E-state index in [1.165, 1.54) is 10.9 Å². The van der Waals surface area contributed by atoms with Gasteiger partial charge in [0.05, 0.1) is 17.9 Å².